The number of aryl methyl sites for hydroxylation is 2. The van der Waals surface area contributed by atoms with Gasteiger partial charge in [0, 0.05) is 24.5 Å². The van der Waals surface area contributed by atoms with Gasteiger partial charge in [-0.05, 0) is 13.3 Å². The van der Waals surface area contributed by atoms with Gasteiger partial charge < -0.3 is 15.2 Å². The third kappa shape index (κ3) is 5.87. The van der Waals surface area contributed by atoms with E-state index in [1.807, 2.05) is 13.1 Å². The van der Waals surface area contributed by atoms with Gasteiger partial charge in [-0.15, -0.1) is 35.3 Å². The Bertz CT molecular complexity index is 597. The van der Waals surface area contributed by atoms with Gasteiger partial charge in [-0.2, -0.15) is 4.98 Å². The number of hydrogen-bond acceptors (Lipinski definition) is 6. The molecule has 122 valence electrons. The third-order valence-electron chi connectivity index (χ3n) is 2.65. The van der Waals surface area contributed by atoms with Crippen molar-refractivity contribution in [3.8, 4) is 0 Å². The highest BCUT2D eigenvalue weighted by Gasteiger charge is 2.04. The predicted octanol–water partition coefficient (Wildman–Crippen LogP) is 2.27. The number of nitrogens with zero attached hydrogens (tertiary/aromatic N) is 4. The van der Waals surface area contributed by atoms with Crippen molar-refractivity contribution in [1.82, 2.24) is 25.8 Å². The van der Waals surface area contributed by atoms with Gasteiger partial charge in [-0.1, -0.05) is 12.1 Å². The molecule has 0 amide bonds. The van der Waals surface area contributed by atoms with Gasteiger partial charge in [-0.25, -0.2) is 9.98 Å². The normalized spacial score (nSPS) is 11.1. The molecule has 0 spiro atoms. The van der Waals surface area contributed by atoms with Gasteiger partial charge in [-0.3, -0.25) is 0 Å². The van der Waals surface area contributed by atoms with E-state index in [1.54, 1.807) is 18.3 Å². The fraction of sp³-hybridized carbons (Fsp3) is 0.538. The lowest BCUT2D eigenvalue weighted by molar-refractivity contribution is 0.387. The monoisotopic (exact) mass is 436 g/mol. The second-order valence-corrected chi connectivity index (χ2v) is 5.55. The molecule has 0 saturated heterocycles. The number of nitrogens with one attached hydrogen (secondary N) is 2. The summed E-state index contributed by atoms with van der Waals surface area (Å²) in [5.41, 5.74) is 0. The minimum atomic E-state index is 0. The lowest BCUT2D eigenvalue weighted by Gasteiger charge is -2.09. The maximum Gasteiger partial charge on any atom is 0.223 e. The van der Waals surface area contributed by atoms with E-state index in [9.17, 15) is 0 Å². The number of aliphatic imine (C=N–C) groups is 1. The maximum atomic E-state index is 4.92. The third-order valence-corrected chi connectivity index (χ3v) is 3.79. The highest BCUT2D eigenvalue weighted by molar-refractivity contribution is 14.0. The summed E-state index contributed by atoms with van der Waals surface area (Å²) >= 11 is 1.71. The summed E-state index contributed by atoms with van der Waals surface area (Å²) in [4.78, 5) is 14.2. The minimum absolute atomic E-state index is 0. The highest BCUT2D eigenvalue weighted by atomic mass is 127. The Morgan fingerprint density at radius 1 is 1.36 bits per heavy atom. The molecule has 2 N–H and O–H groups in total. The van der Waals surface area contributed by atoms with Gasteiger partial charge in [0.15, 0.2) is 11.8 Å². The summed E-state index contributed by atoms with van der Waals surface area (Å²) in [6, 6.07) is 0. The van der Waals surface area contributed by atoms with Crippen molar-refractivity contribution in [3.05, 3.63) is 27.8 Å². The number of thiazole rings is 1. The van der Waals surface area contributed by atoms with Crippen LogP contribution in [-0.2, 0) is 19.5 Å². The molecule has 7 nitrogen and oxygen atoms in total. The Balaban J connectivity index is 0.00000242. The highest BCUT2D eigenvalue weighted by Crippen LogP contribution is 2.12. The van der Waals surface area contributed by atoms with Crippen LogP contribution in [0.2, 0.25) is 0 Å². The SMILES string of the molecule is CCNC(=NCc1noc(C)n1)NCc1ncc(CC)s1.I. The molecule has 0 unspecified atom stereocenters. The molecule has 0 aliphatic rings. The number of hydrogen-bond donors (Lipinski definition) is 2. The average molecular weight is 436 g/mol. The van der Waals surface area contributed by atoms with E-state index in [1.165, 1.54) is 4.88 Å². The van der Waals surface area contributed by atoms with Crippen molar-refractivity contribution in [2.75, 3.05) is 6.54 Å². The zero-order chi connectivity index (χ0) is 15.1. The van der Waals surface area contributed by atoms with E-state index < -0.39 is 0 Å². The van der Waals surface area contributed by atoms with E-state index in [0.717, 1.165) is 18.0 Å². The largest absolute Gasteiger partial charge is 0.357 e. The van der Waals surface area contributed by atoms with E-state index in [0.29, 0.717) is 30.8 Å². The first-order valence-corrected chi connectivity index (χ1v) is 7.77. The number of halogens is 1. The van der Waals surface area contributed by atoms with Crippen LogP contribution in [0, 0.1) is 6.92 Å². The second-order valence-electron chi connectivity index (χ2n) is 4.35. The number of aromatic nitrogens is 3. The van der Waals surface area contributed by atoms with Crippen molar-refractivity contribution in [3.63, 3.8) is 0 Å². The van der Waals surface area contributed by atoms with Gasteiger partial charge in [0.25, 0.3) is 0 Å². The van der Waals surface area contributed by atoms with Crippen molar-refractivity contribution < 1.29 is 4.52 Å². The van der Waals surface area contributed by atoms with Crippen LogP contribution in [0.3, 0.4) is 0 Å². The molecule has 0 radical (unpaired) electrons. The summed E-state index contributed by atoms with van der Waals surface area (Å²) in [7, 11) is 0. The summed E-state index contributed by atoms with van der Waals surface area (Å²) in [5.74, 6) is 1.84. The molecule has 2 rings (SSSR count). The van der Waals surface area contributed by atoms with E-state index in [2.05, 4.69) is 37.7 Å². The Morgan fingerprint density at radius 2 is 2.18 bits per heavy atom. The molecule has 2 heterocycles. The summed E-state index contributed by atoms with van der Waals surface area (Å²) in [6.07, 6.45) is 2.94. The van der Waals surface area contributed by atoms with Crippen LogP contribution >= 0.6 is 35.3 Å². The topological polar surface area (TPSA) is 88.2 Å². The zero-order valence-electron chi connectivity index (χ0n) is 12.9. The molecule has 0 fully saturated rings. The predicted molar refractivity (Wildman–Crippen MR) is 97.6 cm³/mol. The van der Waals surface area contributed by atoms with Gasteiger partial charge in [0.05, 0.1) is 6.54 Å². The zero-order valence-corrected chi connectivity index (χ0v) is 16.1. The number of guanidine groups is 1. The minimum Gasteiger partial charge on any atom is -0.357 e. The van der Waals surface area contributed by atoms with Crippen LogP contribution < -0.4 is 10.6 Å². The second kappa shape index (κ2) is 9.72. The van der Waals surface area contributed by atoms with Crippen LogP contribution in [0.15, 0.2) is 15.7 Å². The van der Waals surface area contributed by atoms with E-state index in [-0.39, 0.29) is 24.0 Å². The van der Waals surface area contributed by atoms with E-state index in [4.69, 9.17) is 4.52 Å². The van der Waals surface area contributed by atoms with Gasteiger partial charge >= 0.3 is 0 Å². The molecule has 9 heteroatoms. The molecule has 0 atom stereocenters. The lowest BCUT2D eigenvalue weighted by Crippen LogP contribution is -2.36. The molecular weight excluding hydrogens is 415 g/mol. The smallest absolute Gasteiger partial charge is 0.223 e. The fourth-order valence-electron chi connectivity index (χ4n) is 1.65. The standard InChI is InChI=1S/C13H20N6OS.HI/c1-4-10-6-15-12(21-10)8-17-13(14-5-2)16-7-11-18-9(3)20-19-11;/h6H,4-5,7-8H2,1-3H3,(H2,14,16,17);1H. The van der Waals surface area contributed by atoms with Crippen LogP contribution in [-0.4, -0.2) is 27.6 Å². The molecule has 0 aliphatic heterocycles. The first-order chi connectivity index (χ1) is 10.2. The summed E-state index contributed by atoms with van der Waals surface area (Å²) in [6.45, 7) is 7.73. The Hall–Kier alpha value is -1.23. The van der Waals surface area contributed by atoms with Crippen molar-refractivity contribution in [2.45, 2.75) is 40.3 Å². The first kappa shape index (κ1) is 18.8. The van der Waals surface area contributed by atoms with Crippen LogP contribution in [0.5, 0.6) is 0 Å². The summed E-state index contributed by atoms with van der Waals surface area (Å²) < 4.78 is 4.92. The maximum absolute atomic E-state index is 4.92. The fourth-order valence-corrected chi connectivity index (χ4v) is 2.45. The van der Waals surface area contributed by atoms with Crippen LogP contribution in [0.4, 0.5) is 0 Å². The lowest BCUT2D eigenvalue weighted by atomic mass is 10.4. The van der Waals surface area contributed by atoms with Crippen molar-refractivity contribution >= 4 is 41.3 Å². The molecule has 2 aromatic heterocycles. The quantitative estimate of drug-likeness (QED) is 0.411. The molecule has 0 aromatic carbocycles. The van der Waals surface area contributed by atoms with Crippen LogP contribution in [0.1, 0.15) is 35.4 Å². The Morgan fingerprint density at radius 3 is 2.77 bits per heavy atom. The number of rotatable bonds is 6. The molecular formula is C13H21IN6OS. The van der Waals surface area contributed by atoms with Crippen LogP contribution in [0.25, 0.3) is 0 Å². The van der Waals surface area contributed by atoms with E-state index >= 15 is 0 Å². The molecule has 0 aliphatic carbocycles. The molecule has 0 bridgehead atoms. The Kier molecular flexibility index (Phi) is 8.31. The first-order valence-electron chi connectivity index (χ1n) is 6.96. The summed E-state index contributed by atoms with van der Waals surface area (Å²) in [5, 5.41) is 11.3. The van der Waals surface area contributed by atoms with Gasteiger partial charge in [0.2, 0.25) is 5.89 Å². The van der Waals surface area contributed by atoms with Gasteiger partial charge in [0.1, 0.15) is 11.6 Å². The average Bonchev–Trinajstić information content (AvgIpc) is 3.10. The Labute approximate surface area is 151 Å². The van der Waals surface area contributed by atoms with Crippen molar-refractivity contribution in [2.24, 2.45) is 4.99 Å². The molecule has 22 heavy (non-hydrogen) atoms. The van der Waals surface area contributed by atoms with Crippen molar-refractivity contribution in [1.29, 1.82) is 0 Å². The molecule has 0 saturated carbocycles. The molecule has 2 aromatic rings.